The number of aryl methyl sites for hydroxylation is 1. The normalized spacial score (nSPS) is 13.3. The first-order chi connectivity index (χ1) is 9.70. The molecule has 0 aliphatic heterocycles. The Morgan fingerprint density at radius 3 is 2.80 bits per heavy atom. The predicted molar refractivity (Wildman–Crippen MR) is 80.5 cm³/mol. The van der Waals surface area contributed by atoms with Crippen LogP contribution in [0.2, 0.25) is 0 Å². The van der Waals surface area contributed by atoms with Gasteiger partial charge < -0.3 is 0 Å². The number of rotatable bonds is 2. The smallest absolute Gasteiger partial charge is 0.141 e. The van der Waals surface area contributed by atoms with Gasteiger partial charge in [-0.2, -0.15) is 5.26 Å². The summed E-state index contributed by atoms with van der Waals surface area (Å²) < 4.78 is 0. The number of nitrogens with zero attached hydrogens (tertiary/aromatic N) is 2. The number of pyridine rings is 1. The van der Waals surface area contributed by atoms with E-state index in [2.05, 4.69) is 37.0 Å². The topological polar surface area (TPSA) is 36.7 Å². The molecular weight excluding hydrogens is 244 g/mol. The Kier molecular flexibility index (Phi) is 3.28. The number of benzene rings is 1. The third-order valence-corrected chi connectivity index (χ3v) is 4.09. The number of fused-ring (bicyclic) bond motifs is 1. The number of hydrogen-bond acceptors (Lipinski definition) is 2. The zero-order valence-electron chi connectivity index (χ0n) is 12.0. The Labute approximate surface area is 120 Å². The molecule has 0 bridgehead atoms. The minimum Gasteiger partial charge on any atom is -0.246 e. The molecule has 0 radical (unpaired) electrons. The lowest BCUT2D eigenvalue weighted by molar-refractivity contribution is 0.840. The first kappa shape index (κ1) is 12.9. The van der Waals surface area contributed by atoms with E-state index < -0.39 is 0 Å². The molecule has 0 atom stereocenters. The monoisotopic (exact) mass is 262 g/mol. The van der Waals surface area contributed by atoms with Crippen molar-refractivity contribution < 1.29 is 0 Å². The van der Waals surface area contributed by atoms with E-state index in [-0.39, 0.29) is 0 Å². The third-order valence-electron chi connectivity index (χ3n) is 4.09. The van der Waals surface area contributed by atoms with Gasteiger partial charge in [0.1, 0.15) is 11.8 Å². The summed E-state index contributed by atoms with van der Waals surface area (Å²) in [7, 11) is 0. The predicted octanol–water partition coefficient (Wildman–Crippen LogP) is 4.23. The molecule has 1 aliphatic carbocycles. The van der Waals surface area contributed by atoms with Gasteiger partial charge in [0.05, 0.1) is 0 Å². The van der Waals surface area contributed by atoms with Crippen molar-refractivity contribution in [2.24, 2.45) is 0 Å². The summed E-state index contributed by atoms with van der Waals surface area (Å²) in [6.07, 6.45) is 5.38. The van der Waals surface area contributed by atoms with Crippen LogP contribution in [0.5, 0.6) is 0 Å². The van der Waals surface area contributed by atoms with Gasteiger partial charge in [0, 0.05) is 6.20 Å². The summed E-state index contributed by atoms with van der Waals surface area (Å²) in [5.41, 5.74) is 7.35. The molecule has 0 spiro atoms. The van der Waals surface area contributed by atoms with E-state index >= 15 is 0 Å². The van der Waals surface area contributed by atoms with Gasteiger partial charge in [-0.3, -0.25) is 0 Å². The molecule has 100 valence electrons. The fourth-order valence-corrected chi connectivity index (χ4v) is 3.27. The lowest BCUT2D eigenvalue weighted by Gasteiger charge is -2.18. The molecule has 2 nitrogen and oxygen atoms in total. The molecule has 1 heterocycles. The molecule has 0 unspecified atom stereocenters. The maximum Gasteiger partial charge on any atom is 0.141 e. The molecular formula is C18H18N2. The number of aromatic nitrogens is 1. The maximum absolute atomic E-state index is 9.03. The van der Waals surface area contributed by atoms with Gasteiger partial charge in [-0.05, 0) is 65.1 Å². The molecule has 0 saturated carbocycles. The average Bonchev–Trinajstić information content (AvgIpc) is 2.94. The number of nitriles is 1. The first-order valence-corrected chi connectivity index (χ1v) is 7.22. The Morgan fingerprint density at radius 2 is 2.05 bits per heavy atom. The number of hydrogen-bond donors (Lipinski definition) is 0. The van der Waals surface area contributed by atoms with Crippen LogP contribution in [0.4, 0.5) is 0 Å². The molecule has 1 aromatic carbocycles. The first-order valence-electron chi connectivity index (χ1n) is 7.22. The standard InChI is InChI=1S/C18H18N2/c1-12(2)18-16-5-3-4-13(16)6-7-17(18)14-8-9-20-15(10-14)11-19/h6-10,12H,3-5H2,1-2H3. The quantitative estimate of drug-likeness (QED) is 0.812. The zero-order valence-corrected chi connectivity index (χ0v) is 12.0. The second kappa shape index (κ2) is 5.09. The van der Waals surface area contributed by atoms with Crippen molar-refractivity contribution in [2.75, 3.05) is 0 Å². The van der Waals surface area contributed by atoms with Crippen LogP contribution in [0, 0.1) is 11.3 Å². The molecule has 2 aromatic rings. The van der Waals surface area contributed by atoms with E-state index in [1.54, 1.807) is 6.20 Å². The summed E-state index contributed by atoms with van der Waals surface area (Å²) in [5.74, 6) is 0.497. The van der Waals surface area contributed by atoms with Gasteiger partial charge in [0.25, 0.3) is 0 Å². The lowest BCUT2D eigenvalue weighted by Crippen LogP contribution is -2.00. The molecule has 3 rings (SSSR count). The molecule has 1 aliphatic rings. The Balaban J connectivity index is 2.21. The van der Waals surface area contributed by atoms with Crippen molar-refractivity contribution in [2.45, 2.75) is 39.0 Å². The van der Waals surface area contributed by atoms with E-state index in [0.717, 1.165) is 5.56 Å². The van der Waals surface area contributed by atoms with E-state index in [0.29, 0.717) is 11.6 Å². The summed E-state index contributed by atoms with van der Waals surface area (Å²) in [5, 5.41) is 9.03. The van der Waals surface area contributed by atoms with Crippen LogP contribution in [0.15, 0.2) is 30.5 Å². The molecule has 1 aromatic heterocycles. The molecule has 0 N–H and O–H groups in total. The fourth-order valence-electron chi connectivity index (χ4n) is 3.27. The Hall–Kier alpha value is -2.14. The second-order valence-corrected chi connectivity index (χ2v) is 5.71. The minimum atomic E-state index is 0.484. The van der Waals surface area contributed by atoms with Crippen LogP contribution in [0.3, 0.4) is 0 Å². The SMILES string of the molecule is CC(C)c1c(-c2ccnc(C#N)c2)ccc2c1CCC2. The molecule has 0 saturated heterocycles. The van der Waals surface area contributed by atoms with Crippen LogP contribution in [0.1, 0.15) is 48.6 Å². The van der Waals surface area contributed by atoms with E-state index in [1.165, 1.54) is 41.5 Å². The van der Waals surface area contributed by atoms with Gasteiger partial charge in [-0.15, -0.1) is 0 Å². The van der Waals surface area contributed by atoms with E-state index in [1.807, 2.05) is 12.1 Å². The van der Waals surface area contributed by atoms with Gasteiger partial charge in [0.15, 0.2) is 0 Å². The molecule has 0 fully saturated rings. The third kappa shape index (κ3) is 2.10. The Morgan fingerprint density at radius 1 is 1.20 bits per heavy atom. The van der Waals surface area contributed by atoms with Crippen LogP contribution in [-0.4, -0.2) is 4.98 Å². The van der Waals surface area contributed by atoms with Crippen molar-refractivity contribution in [3.05, 3.63) is 52.8 Å². The highest BCUT2D eigenvalue weighted by Gasteiger charge is 2.20. The van der Waals surface area contributed by atoms with Crippen molar-refractivity contribution in [1.29, 1.82) is 5.26 Å². The summed E-state index contributed by atoms with van der Waals surface area (Å²) in [6.45, 7) is 4.51. The minimum absolute atomic E-state index is 0.484. The fraction of sp³-hybridized carbons (Fsp3) is 0.333. The van der Waals surface area contributed by atoms with Crippen LogP contribution in [0.25, 0.3) is 11.1 Å². The van der Waals surface area contributed by atoms with E-state index in [9.17, 15) is 0 Å². The van der Waals surface area contributed by atoms with Gasteiger partial charge in [-0.1, -0.05) is 26.0 Å². The largest absolute Gasteiger partial charge is 0.246 e. The van der Waals surface area contributed by atoms with Gasteiger partial charge in [-0.25, -0.2) is 4.98 Å². The van der Waals surface area contributed by atoms with Gasteiger partial charge in [0.2, 0.25) is 0 Å². The summed E-state index contributed by atoms with van der Waals surface area (Å²) >= 11 is 0. The van der Waals surface area contributed by atoms with Crippen molar-refractivity contribution in [1.82, 2.24) is 4.98 Å². The summed E-state index contributed by atoms with van der Waals surface area (Å²) in [4.78, 5) is 4.07. The molecule has 2 heteroatoms. The van der Waals surface area contributed by atoms with Gasteiger partial charge >= 0.3 is 0 Å². The second-order valence-electron chi connectivity index (χ2n) is 5.71. The van der Waals surface area contributed by atoms with Crippen molar-refractivity contribution in [3.8, 4) is 17.2 Å². The molecule has 0 amide bonds. The maximum atomic E-state index is 9.03. The highest BCUT2D eigenvalue weighted by atomic mass is 14.7. The molecule has 20 heavy (non-hydrogen) atoms. The highest BCUT2D eigenvalue weighted by molar-refractivity contribution is 5.71. The highest BCUT2D eigenvalue weighted by Crippen LogP contribution is 2.37. The summed E-state index contributed by atoms with van der Waals surface area (Å²) in [6, 6.07) is 10.5. The zero-order chi connectivity index (χ0) is 14.1. The van der Waals surface area contributed by atoms with Crippen LogP contribution >= 0.6 is 0 Å². The Bertz CT molecular complexity index is 693. The van der Waals surface area contributed by atoms with Crippen molar-refractivity contribution in [3.63, 3.8) is 0 Å². The lowest BCUT2D eigenvalue weighted by atomic mass is 9.87. The van der Waals surface area contributed by atoms with Crippen molar-refractivity contribution >= 4 is 0 Å². The average molecular weight is 262 g/mol. The van der Waals surface area contributed by atoms with Crippen LogP contribution < -0.4 is 0 Å². The van der Waals surface area contributed by atoms with Crippen LogP contribution in [-0.2, 0) is 12.8 Å². The van der Waals surface area contributed by atoms with E-state index in [4.69, 9.17) is 5.26 Å².